The lowest BCUT2D eigenvalue weighted by molar-refractivity contribution is -0.145. The summed E-state index contributed by atoms with van der Waals surface area (Å²) >= 11 is 1.52. The molecule has 0 spiro atoms. The Bertz CT molecular complexity index is 1090. The average Bonchev–Trinajstić information content (AvgIpc) is 3.37. The number of benzene rings is 1. The van der Waals surface area contributed by atoms with Crippen molar-refractivity contribution in [1.29, 1.82) is 0 Å². The van der Waals surface area contributed by atoms with Crippen molar-refractivity contribution in [3.8, 4) is 10.8 Å². The van der Waals surface area contributed by atoms with E-state index in [-0.39, 0.29) is 19.6 Å². The smallest absolute Gasteiger partial charge is 0.419 e. The van der Waals surface area contributed by atoms with Crippen molar-refractivity contribution < 1.29 is 18.4 Å². The van der Waals surface area contributed by atoms with Gasteiger partial charge in [0.1, 0.15) is 18.6 Å². The number of thiophene rings is 1. The molecule has 0 aliphatic rings. The molecule has 0 amide bonds. The van der Waals surface area contributed by atoms with Gasteiger partial charge in [-0.1, -0.05) is 18.2 Å². The molecule has 0 saturated heterocycles. The molecule has 0 aliphatic heterocycles. The van der Waals surface area contributed by atoms with Crippen LogP contribution in [0.3, 0.4) is 0 Å². The number of carbonyl (C=O) groups excluding carboxylic acids is 1. The molecular formula is C18H14N2O5S. The van der Waals surface area contributed by atoms with Crippen LogP contribution in [0, 0.1) is 0 Å². The second-order valence-corrected chi connectivity index (χ2v) is 6.47. The van der Waals surface area contributed by atoms with Gasteiger partial charge in [-0.15, -0.1) is 11.3 Å². The van der Waals surface area contributed by atoms with Gasteiger partial charge in [0.25, 0.3) is 0 Å². The van der Waals surface area contributed by atoms with Crippen LogP contribution in [0.5, 0.6) is 0 Å². The van der Waals surface area contributed by atoms with E-state index >= 15 is 0 Å². The van der Waals surface area contributed by atoms with Crippen molar-refractivity contribution in [3.63, 3.8) is 0 Å². The molecule has 8 heteroatoms. The number of esters is 1. The molecule has 7 nitrogen and oxygen atoms in total. The van der Waals surface area contributed by atoms with E-state index in [1.807, 2.05) is 23.6 Å². The summed E-state index contributed by atoms with van der Waals surface area (Å²) in [4.78, 5) is 29.0. The molecule has 4 rings (SSSR count). The number of fused-ring (bicyclic) bond motifs is 1. The lowest BCUT2D eigenvalue weighted by Gasteiger charge is -2.03. The molecule has 1 aromatic carbocycles. The molecule has 0 unspecified atom stereocenters. The molecule has 26 heavy (non-hydrogen) atoms. The van der Waals surface area contributed by atoms with Gasteiger partial charge in [-0.25, -0.2) is 9.78 Å². The van der Waals surface area contributed by atoms with Gasteiger partial charge < -0.3 is 13.6 Å². The van der Waals surface area contributed by atoms with E-state index in [0.717, 1.165) is 4.88 Å². The van der Waals surface area contributed by atoms with Crippen LogP contribution in [-0.2, 0) is 22.7 Å². The molecule has 0 aliphatic carbocycles. The van der Waals surface area contributed by atoms with Crippen LogP contribution in [0.2, 0.25) is 0 Å². The Morgan fingerprint density at radius 2 is 2.12 bits per heavy atom. The Morgan fingerprint density at radius 1 is 1.23 bits per heavy atom. The summed E-state index contributed by atoms with van der Waals surface area (Å²) in [5, 5.41) is 1.93. The van der Waals surface area contributed by atoms with Gasteiger partial charge >= 0.3 is 11.7 Å². The average molecular weight is 370 g/mol. The summed E-state index contributed by atoms with van der Waals surface area (Å²) in [5.74, 6) is -0.415. The molecular weight excluding hydrogens is 356 g/mol. The van der Waals surface area contributed by atoms with E-state index in [4.69, 9.17) is 13.6 Å². The number of aryl methyl sites for hydroxylation is 1. The third-order valence-corrected chi connectivity index (χ3v) is 4.64. The zero-order valence-corrected chi connectivity index (χ0v) is 14.4. The van der Waals surface area contributed by atoms with E-state index in [1.165, 1.54) is 22.2 Å². The molecule has 0 N–H and O–H groups in total. The highest BCUT2D eigenvalue weighted by Crippen LogP contribution is 2.23. The Morgan fingerprint density at radius 3 is 2.96 bits per heavy atom. The number of oxazole rings is 2. The van der Waals surface area contributed by atoms with Crippen molar-refractivity contribution in [2.45, 2.75) is 19.6 Å². The highest BCUT2D eigenvalue weighted by Gasteiger charge is 2.13. The van der Waals surface area contributed by atoms with Crippen LogP contribution in [0.15, 0.2) is 61.7 Å². The molecule has 0 saturated carbocycles. The van der Waals surface area contributed by atoms with E-state index in [2.05, 4.69) is 4.98 Å². The van der Waals surface area contributed by atoms with Crippen molar-refractivity contribution in [2.24, 2.45) is 0 Å². The van der Waals surface area contributed by atoms with Crippen LogP contribution in [0.4, 0.5) is 0 Å². The van der Waals surface area contributed by atoms with Gasteiger partial charge in [0, 0.05) is 6.54 Å². The highest BCUT2D eigenvalue weighted by atomic mass is 32.1. The van der Waals surface area contributed by atoms with Crippen LogP contribution in [0.1, 0.15) is 12.1 Å². The van der Waals surface area contributed by atoms with Crippen LogP contribution in [0.25, 0.3) is 21.9 Å². The standard InChI is InChI=1S/C18H14N2O5S/c21-16(7-8-20-13-4-1-2-5-14(13)25-18(20)22)23-10-12-11-24-17(19-12)15-6-3-9-26-15/h1-6,9,11H,7-8,10H2. The third kappa shape index (κ3) is 3.31. The van der Waals surface area contributed by atoms with Gasteiger partial charge in [-0.05, 0) is 23.6 Å². The SMILES string of the molecule is O=C(CCn1c(=O)oc2ccccc21)OCc1coc(-c2cccs2)n1. The predicted octanol–water partition coefficient (Wildman–Crippen LogP) is 3.44. The first kappa shape index (κ1) is 16.3. The summed E-state index contributed by atoms with van der Waals surface area (Å²) in [5.41, 5.74) is 1.68. The number of rotatable bonds is 6. The first-order chi connectivity index (χ1) is 12.7. The largest absolute Gasteiger partial charge is 0.459 e. The number of nitrogens with zero attached hydrogens (tertiary/aromatic N) is 2. The molecule has 132 valence electrons. The van der Waals surface area contributed by atoms with Crippen molar-refractivity contribution >= 4 is 28.4 Å². The van der Waals surface area contributed by atoms with E-state index < -0.39 is 11.7 Å². The topological polar surface area (TPSA) is 87.5 Å². The molecule has 3 heterocycles. The molecule has 0 fully saturated rings. The fourth-order valence-corrected chi connectivity index (χ4v) is 3.20. The Kier molecular flexibility index (Phi) is 4.40. The number of ether oxygens (including phenoxy) is 1. The first-order valence-corrected chi connectivity index (χ1v) is 8.81. The van der Waals surface area contributed by atoms with Gasteiger partial charge in [0.05, 0.1) is 16.8 Å². The summed E-state index contributed by atoms with van der Waals surface area (Å²) in [7, 11) is 0. The van der Waals surface area contributed by atoms with Gasteiger partial charge in [-0.2, -0.15) is 0 Å². The molecule has 0 bridgehead atoms. The number of hydrogen-bond donors (Lipinski definition) is 0. The van der Waals surface area contributed by atoms with Gasteiger partial charge in [-0.3, -0.25) is 9.36 Å². The maximum Gasteiger partial charge on any atom is 0.419 e. The van der Waals surface area contributed by atoms with E-state index in [1.54, 1.807) is 18.2 Å². The first-order valence-electron chi connectivity index (χ1n) is 7.93. The van der Waals surface area contributed by atoms with Crippen molar-refractivity contribution in [1.82, 2.24) is 9.55 Å². The Labute approximate surface area is 151 Å². The van der Waals surface area contributed by atoms with E-state index in [9.17, 15) is 9.59 Å². The maximum atomic E-state index is 12.0. The van der Waals surface area contributed by atoms with Crippen LogP contribution in [-0.4, -0.2) is 15.5 Å². The monoisotopic (exact) mass is 370 g/mol. The van der Waals surface area contributed by atoms with E-state index in [0.29, 0.717) is 22.7 Å². The molecule has 4 aromatic rings. The summed E-state index contributed by atoms with van der Waals surface area (Å²) < 4.78 is 17.1. The quantitative estimate of drug-likeness (QED) is 0.483. The third-order valence-electron chi connectivity index (χ3n) is 3.78. The normalized spacial score (nSPS) is 11.1. The molecule has 0 radical (unpaired) electrons. The predicted molar refractivity (Wildman–Crippen MR) is 94.7 cm³/mol. The van der Waals surface area contributed by atoms with Gasteiger partial charge in [0.2, 0.25) is 5.89 Å². The summed E-state index contributed by atoms with van der Waals surface area (Å²) in [6.45, 7) is 0.211. The van der Waals surface area contributed by atoms with Gasteiger partial charge in [0.15, 0.2) is 5.58 Å². The van der Waals surface area contributed by atoms with Crippen LogP contribution >= 0.6 is 11.3 Å². The Hall–Kier alpha value is -3.13. The second kappa shape index (κ2) is 7.01. The molecule has 0 atom stereocenters. The number of para-hydroxylation sites is 2. The summed E-state index contributed by atoms with van der Waals surface area (Å²) in [6.07, 6.45) is 1.52. The maximum absolute atomic E-state index is 12.0. The fourth-order valence-electron chi connectivity index (χ4n) is 2.54. The Balaban J connectivity index is 1.34. The minimum Gasteiger partial charge on any atom is -0.459 e. The zero-order chi connectivity index (χ0) is 17.9. The van der Waals surface area contributed by atoms with Crippen molar-refractivity contribution in [3.05, 3.63) is 64.3 Å². The number of hydrogen-bond acceptors (Lipinski definition) is 7. The number of aromatic nitrogens is 2. The number of carbonyl (C=O) groups is 1. The zero-order valence-electron chi connectivity index (χ0n) is 13.6. The lowest BCUT2D eigenvalue weighted by atomic mass is 10.3. The minimum absolute atomic E-state index is 0.0226. The second-order valence-electron chi connectivity index (χ2n) is 5.52. The lowest BCUT2D eigenvalue weighted by Crippen LogP contribution is -2.17. The van der Waals surface area contributed by atoms with Crippen LogP contribution < -0.4 is 5.76 Å². The van der Waals surface area contributed by atoms with Crippen molar-refractivity contribution in [2.75, 3.05) is 0 Å². The summed E-state index contributed by atoms with van der Waals surface area (Å²) in [6, 6.07) is 10.9. The molecule has 3 aromatic heterocycles. The highest BCUT2D eigenvalue weighted by molar-refractivity contribution is 7.13. The minimum atomic E-state index is -0.490. The fraction of sp³-hybridized carbons (Fsp3) is 0.167.